The molecule has 2 aromatic rings. The summed E-state index contributed by atoms with van der Waals surface area (Å²) in [5.41, 5.74) is 3.88. The highest BCUT2D eigenvalue weighted by Crippen LogP contribution is 2.34. The lowest BCUT2D eigenvalue weighted by molar-refractivity contribution is -0.385. The molecular weight excluding hydrogens is 430 g/mol. The van der Waals surface area contributed by atoms with E-state index < -0.39 is 50.3 Å². The fourth-order valence-electron chi connectivity index (χ4n) is 2.82. The van der Waals surface area contributed by atoms with Crippen molar-refractivity contribution in [1.82, 2.24) is 4.72 Å². The topological polar surface area (TPSA) is 115 Å². The van der Waals surface area contributed by atoms with Gasteiger partial charge in [0.05, 0.1) is 15.4 Å². The molecule has 0 spiro atoms. The Kier molecular flexibility index (Phi) is 6.84. The third-order valence-corrected chi connectivity index (χ3v) is 5.86. The summed E-state index contributed by atoms with van der Waals surface area (Å²) in [5, 5.41) is 11.1. The van der Waals surface area contributed by atoms with E-state index in [1.165, 1.54) is 0 Å². The number of nitrogens with one attached hydrogen (secondary N) is 1. The Hall–Kier alpha value is -2.57. The summed E-state index contributed by atoms with van der Waals surface area (Å²) < 4.78 is 79.9. The lowest BCUT2D eigenvalue weighted by atomic mass is 9.97. The van der Waals surface area contributed by atoms with E-state index in [9.17, 15) is 36.1 Å². The van der Waals surface area contributed by atoms with Crippen LogP contribution in [0.2, 0.25) is 0 Å². The minimum Gasteiger partial charge on any atom is -0.324 e. The van der Waals surface area contributed by atoms with Crippen molar-refractivity contribution >= 4 is 15.7 Å². The van der Waals surface area contributed by atoms with Crippen molar-refractivity contribution in [2.24, 2.45) is 5.73 Å². The van der Waals surface area contributed by atoms with E-state index in [1.807, 2.05) is 0 Å². The molecule has 2 aromatic carbocycles. The number of sulfonamides is 1. The summed E-state index contributed by atoms with van der Waals surface area (Å²) in [6.07, 6.45) is -5.28. The van der Waals surface area contributed by atoms with Gasteiger partial charge in [0.15, 0.2) is 0 Å². The van der Waals surface area contributed by atoms with Crippen molar-refractivity contribution in [2.75, 3.05) is 0 Å². The van der Waals surface area contributed by atoms with Crippen LogP contribution in [0.3, 0.4) is 0 Å². The van der Waals surface area contributed by atoms with Gasteiger partial charge in [0.2, 0.25) is 10.0 Å². The molecule has 12 heteroatoms. The predicted molar refractivity (Wildman–Crippen MR) is 101 cm³/mol. The third-order valence-electron chi connectivity index (χ3n) is 4.10. The average Bonchev–Trinajstić information content (AvgIpc) is 2.59. The van der Waals surface area contributed by atoms with Gasteiger partial charge in [-0.15, -0.1) is 0 Å². The molecule has 0 aliphatic rings. The van der Waals surface area contributed by atoms with Crippen molar-refractivity contribution in [3.8, 4) is 0 Å². The van der Waals surface area contributed by atoms with Gasteiger partial charge >= 0.3 is 6.18 Å². The quantitative estimate of drug-likeness (QED) is 0.380. The Labute approximate surface area is 170 Å². The predicted octanol–water partition coefficient (Wildman–Crippen LogP) is 3.68. The van der Waals surface area contributed by atoms with Crippen LogP contribution in [0.4, 0.5) is 23.2 Å². The second-order valence-electron chi connectivity index (χ2n) is 6.87. The van der Waals surface area contributed by atoms with Gasteiger partial charge in [0, 0.05) is 24.2 Å². The monoisotopic (exact) mass is 449 g/mol. The normalized spacial score (nSPS) is 13.5. The lowest BCUT2D eigenvalue weighted by Gasteiger charge is -2.18. The Balaban J connectivity index is 2.50. The van der Waals surface area contributed by atoms with Crippen LogP contribution in [0.15, 0.2) is 41.3 Å². The highest BCUT2D eigenvalue weighted by molar-refractivity contribution is 7.89. The number of nitro benzene ring substituents is 1. The van der Waals surface area contributed by atoms with Gasteiger partial charge < -0.3 is 5.73 Å². The maximum absolute atomic E-state index is 13.5. The fraction of sp³-hybridized carbons (Fsp3) is 0.333. The van der Waals surface area contributed by atoms with Gasteiger partial charge in [-0.3, -0.25) is 10.1 Å². The molecule has 0 bridgehead atoms. The minimum absolute atomic E-state index is 0.0530. The minimum atomic E-state index is -4.94. The number of nitrogens with zero attached hydrogens (tertiary/aromatic N) is 1. The molecule has 0 aromatic heterocycles. The van der Waals surface area contributed by atoms with Gasteiger partial charge in [-0.05, 0) is 49.6 Å². The summed E-state index contributed by atoms with van der Waals surface area (Å²) >= 11 is 0. The van der Waals surface area contributed by atoms with Crippen LogP contribution in [-0.4, -0.2) is 19.4 Å². The molecule has 0 heterocycles. The average molecular weight is 449 g/mol. The van der Waals surface area contributed by atoms with E-state index >= 15 is 0 Å². The number of rotatable bonds is 7. The van der Waals surface area contributed by atoms with Gasteiger partial charge in [-0.2, -0.15) is 13.2 Å². The molecule has 0 aliphatic carbocycles. The SMILES string of the molecule is CC(C)NS(=O)(=O)c1ccc([N+](=O)[O-])cc1C[C@H](N)c1ccc(F)c(C(F)(F)F)c1. The Morgan fingerprint density at radius 2 is 1.80 bits per heavy atom. The number of alkyl halides is 3. The summed E-state index contributed by atoms with van der Waals surface area (Å²) in [6, 6.07) is 3.59. The third kappa shape index (κ3) is 5.52. The van der Waals surface area contributed by atoms with E-state index in [0.717, 1.165) is 24.3 Å². The first kappa shape index (κ1) is 23.7. The zero-order valence-corrected chi connectivity index (χ0v) is 16.7. The van der Waals surface area contributed by atoms with Crippen molar-refractivity contribution in [3.05, 3.63) is 69.0 Å². The van der Waals surface area contributed by atoms with Crippen molar-refractivity contribution < 1.29 is 30.9 Å². The highest BCUT2D eigenvalue weighted by atomic mass is 32.2. The molecule has 164 valence electrons. The zero-order valence-electron chi connectivity index (χ0n) is 15.9. The van der Waals surface area contributed by atoms with Gasteiger partial charge in [0.1, 0.15) is 5.82 Å². The molecule has 0 saturated heterocycles. The molecule has 0 aliphatic heterocycles. The van der Waals surface area contributed by atoms with E-state index in [1.54, 1.807) is 13.8 Å². The first-order chi connectivity index (χ1) is 13.7. The Bertz CT molecular complexity index is 1060. The lowest BCUT2D eigenvalue weighted by Crippen LogP contribution is -2.31. The molecule has 0 saturated carbocycles. The van der Waals surface area contributed by atoms with Crippen molar-refractivity contribution in [1.29, 1.82) is 0 Å². The summed E-state index contributed by atoms with van der Waals surface area (Å²) in [4.78, 5) is 10.1. The van der Waals surface area contributed by atoms with Crippen LogP contribution in [0.5, 0.6) is 0 Å². The van der Waals surface area contributed by atoms with Crippen LogP contribution < -0.4 is 10.5 Å². The van der Waals surface area contributed by atoms with Crippen molar-refractivity contribution in [3.63, 3.8) is 0 Å². The van der Waals surface area contributed by atoms with E-state index in [-0.39, 0.29) is 22.4 Å². The molecule has 0 fully saturated rings. The first-order valence-electron chi connectivity index (χ1n) is 8.64. The van der Waals surface area contributed by atoms with Crippen LogP contribution in [-0.2, 0) is 22.6 Å². The molecule has 2 rings (SSSR count). The molecule has 0 unspecified atom stereocenters. The van der Waals surface area contributed by atoms with E-state index in [0.29, 0.717) is 12.1 Å². The van der Waals surface area contributed by atoms with E-state index in [4.69, 9.17) is 5.73 Å². The summed E-state index contributed by atoms with van der Waals surface area (Å²) in [6.45, 7) is 3.15. The molecule has 0 amide bonds. The molecule has 3 N–H and O–H groups in total. The maximum Gasteiger partial charge on any atom is 0.419 e. The number of benzene rings is 2. The number of nitrogens with two attached hydrogens (primary N) is 1. The number of hydrogen-bond acceptors (Lipinski definition) is 5. The molecule has 0 radical (unpaired) electrons. The van der Waals surface area contributed by atoms with Crippen LogP contribution in [0, 0.1) is 15.9 Å². The molecule has 1 atom stereocenters. The second-order valence-corrected chi connectivity index (χ2v) is 8.56. The number of halogens is 4. The molecule has 7 nitrogen and oxygen atoms in total. The van der Waals surface area contributed by atoms with Crippen LogP contribution >= 0.6 is 0 Å². The summed E-state index contributed by atoms with van der Waals surface area (Å²) in [7, 11) is -4.07. The number of hydrogen-bond donors (Lipinski definition) is 2. The van der Waals surface area contributed by atoms with Crippen molar-refractivity contribution in [2.45, 2.75) is 43.4 Å². The largest absolute Gasteiger partial charge is 0.419 e. The smallest absolute Gasteiger partial charge is 0.324 e. The maximum atomic E-state index is 13.5. The fourth-order valence-corrected chi connectivity index (χ4v) is 4.30. The summed E-state index contributed by atoms with van der Waals surface area (Å²) in [5.74, 6) is -1.47. The second kappa shape index (κ2) is 8.66. The van der Waals surface area contributed by atoms with Gasteiger partial charge in [-0.1, -0.05) is 6.07 Å². The molecule has 30 heavy (non-hydrogen) atoms. The first-order valence-corrected chi connectivity index (χ1v) is 10.1. The van der Waals surface area contributed by atoms with Crippen LogP contribution in [0.1, 0.15) is 36.6 Å². The number of nitro groups is 1. The Morgan fingerprint density at radius 3 is 2.33 bits per heavy atom. The van der Waals surface area contributed by atoms with Gasteiger partial charge in [0.25, 0.3) is 5.69 Å². The highest BCUT2D eigenvalue weighted by Gasteiger charge is 2.34. The molecular formula is C18H19F4N3O4S. The Morgan fingerprint density at radius 1 is 1.17 bits per heavy atom. The standard InChI is InChI=1S/C18H19F4N3O4S/c1-10(2)24-30(28,29)17-6-4-13(25(26)27)7-12(17)9-16(23)11-3-5-15(19)14(8-11)18(20,21)22/h3-8,10,16,24H,9,23H2,1-2H3/t16-/m0/s1. The van der Waals surface area contributed by atoms with Gasteiger partial charge in [-0.25, -0.2) is 17.5 Å². The zero-order chi connectivity index (χ0) is 22.9. The van der Waals surface area contributed by atoms with E-state index in [2.05, 4.69) is 4.72 Å². The van der Waals surface area contributed by atoms with Crippen LogP contribution in [0.25, 0.3) is 0 Å². The number of non-ortho nitro benzene ring substituents is 1.